The molecule has 1 aliphatic heterocycles. The molecule has 146 valence electrons. The van der Waals surface area contributed by atoms with E-state index >= 15 is 0 Å². The molecule has 0 unspecified atom stereocenters. The van der Waals surface area contributed by atoms with Crippen LogP contribution in [0.25, 0.3) is 10.9 Å². The van der Waals surface area contributed by atoms with E-state index in [1.54, 1.807) is 37.5 Å². The predicted octanol–water partition coefficient (Wildman–Crippen LogP) is 2.86. The lowest BCUT2D eigenvalue weighted by Gasteiger charge is -2.34. The number of sulfone groups is 1. The highest BCUT2D eigenvalue weighted by Crippen LogP contribution is 2.36. The molecule has 1 saturated heterocycles. The van der Waals surface area contributed by atoms with Crippen molar-refractivity contribution in [3.63, 3.8) is 0 Å². The van der Waals surface area contributed by atoms with Crippen molar-refractivity contribution in [3.8, 4) is 0 Å². The van der Waals surface area contributed by atoms with E-state index in [0.29, 0.717) is 11.1 Å². The van der Waals surface area contributed by atoms with Gasteiger partial charge in [-0.2, -0.15) is 0 Å². The number of nitrogens with one attached hydrogen (secondary N) is 1. The first kappa shape index (κ1) is 18.7. The first-order valence-electron chi connectivity index (χ1n) is 9.35. The summed E-state index contributed by atoms with van der Waals surface area (Å²) >= 11 is 0. The molecule has 1 fully saturated rings. The maximum absolute atomic E-state index is 13.5. The number of hydrogen-bond donors (Lipinski definition) is 1. The fraction of sp³-hybridized carbons (Fsp3) is 0.286. The van der Waals surface area contributed by atoms with Crippen LogP contribution in [0.2, 0.25) is 0 Å². The number of piperazine rings is 1. The average molecular weight is 397 g/mol. The summed E-state index contributed by atoms with van der Waals surface area (Å²) < 4.78 is 26.9. The van der Waals surface area contributed by atoms with Gasteiger partial charge in [0, 0.05) is 38.6 Å². The van der Waals surface area contributed by atoms with Crippen LogP contribution in [-0.4, -0.2) is 58.6 Å². The number of likely N-dealkylation sites (N-methyl/N-ethyl adjacent to an activating group) is 1. The summed E-state index contributed by atoms with van der Waals surface area (Å²) in [5.41, 5.74) is 2.21. The molecule has 7 heteroatoms. The zero-order valence-electron chi connectivity index (χ0n) is 16.1. The Balaban J connectivity index is 1.93. The summed E-state index contributed by atoms with van der Waals surface area (Å²) in [6.45, 7) is 3.73. The van der Waals surface area contributed by atoms with Crippen LogP contribution >= 0.6 is 0 Å². The van der Waals surface area contributed by atoms with E-state index in [4.69, 9.17) is 0 Å². The largest absolute Gasteiger partial charge is 0.386 e. The van der Waals surface area contributed by atoms with Gasteiger partial charge in [-0.15, -0.1) is 0 Å². The quantitative estimate of drug-likeness (QED) is 0.732. The molecule has 3 aromatic rings. The number of rotatable bonds is 4. The van der Waals surface area contributed by atoms with Crippen molar-refractivity contribution < 1.29 is 8.42 Å². The third kappa shape index (κ3) is 3.21. The standard InChI is InChI=1S/C21H24N4O2S/c1-22-18-15-23-20-17(21(18)28(26,27)16-7-4-3-5-8-16)9-6-10-19(20)25-13-11-24(2)12-14-25/h3-10,15,22H,11-14H2,1-2H3. The van der Waals surface area contributed by atoms with Crippen molar-refractivity contribution >= 4 is 32.1 Å². The molecule has 0 radical (unpaired) electrons. The van der Waals surface area contributed by atoms with Crippen LogP contribution in [0.3, 0.4) is 0 Å². The topological polar surface area (TPSA) is 65.5 Å². The number of fused-ring (bicyclic) bond motifs is 1. The maximum atomic E-state index is 13.5. The van der Waals surface area contributed by atoms with Crippen LogP contribution in [0.15, 0.2) is 64.5 Å². The zero-order valence-corrected chi connectivity index (χ0v) is 16.9. The number of aromatic nitrogens is 1. The second-order valence-corrected chi connectivity index (χ2v) is 8.92. The Morgan fingerprint density at radius 1 is 0.964 bits per heavy atom. The molecule has 0 aliphatic carbocycles. The van der Waals surface area contributed by atoms with E-state index in [1.807, 2.05) is 24.3 Å². The van der Waals surface area contributed by atoms with E-state index in [1.165, 1.54) is 0 Å². The van der Waals surface area contributed by atoms with Gasteiger partial charge in [-0.3, -0.25) is 4.98 Å². The number of anilines is 2. The smallest absolute Gasteiger partial charge is 0.209 e. The van der Waals surface area contributed by atoms with Gasteiger partial charge in [0.2, 0.25) is 9.84 Å². The van der Waals surface area contributed by atoms with E-state index < -0.39 is 9.84 Å². The van der Waals surface area contributed by atoms with Crippen LogP contribution in [0, 0.1) is 0 Å². The number of para-hydroxylation sites is 1. The second kappa shape index (κ2) is 7.41. The van der Waals surface area contributed by atoms with Gasteiger partial charge >= 0.3 is 0 Å². The fourth-order valence-corrected chi connectivity index (χ4v) is 5.32. The summed E-state index contributed by atoms with van der Waals surface area (Å²) in [7, 11) is 0.139. The van der Waals surface area contributed by atoms with Gasteiger partial charge in [0.1, 0.15) is 4.90 Å². The van der Waals surface area contributed by atoms with Crippen LogP contribution in [0.1, 0.15) is 0 Å². The van der Waals surface area contributed by atoms with Crippen molar-refractivity contribution in [2.45, 2.75) is 9.79 Å². The zero-order chi connectivity index (χ0) is 19.7. The minimum absolute atomic E-state index is 0.280. The summed E-state index contributed by atoms with van der Waals surface area (Å²) in [5.74, 6) is 0. The Labute approximate surface area is 165 Å². The Hall–Kier alpha value is -2.64. The third-order valence-electron chi connectivity index (χ3n) is 5.26. The molecule has 6 nitrogen and oxygen atoms in total. The molecule has 0 spiro atoms. The van der Waals surface area contributed by atoms with Crippen LogP contribution < -0.4 is 10.2 Å². The van der Waals surface area contributed by atoms with Gasteiger partial charge in [-0.25, -0.2) is 8.42 Å². The number of pyridine rings is 1. The highest BCUT2D eigenvalue weighted by molar-refractivity contribution is 7.92. The monoisotopic (exact) mass is 396 g/mol. The lowest BCUT2D eigenvalue weighted by Crippen LogP contribution is -2.44. The lowest BCUT2D eigenvalue weighted by atomic mass is 10.1. The minimum Gasteiger partial charge on any atom is -0.386 e. The average Bonchev–Trinajstić information content (AvgIpc) is 2.73. The van der Waals surface area contributed by atoms with Gasteiger partial charge in [-0.1, -0.05) is 30.3 Å². The molecule has 0 atom stereocenters. The molecular formula is C21H24N4O2S. The first-order valence-corrected chi connectivity index (χ1v) is 10.8. The van der Waals surface area contributed by atoms with Gasteiger partial charge in [0.25, 0.3) is 0 Å². The van der Waals surface area contributed by atoms with E-state index in [-0.39, 0.29) is 9.79 Å². The maximum Gasteiger partial charge on any atom is 0.209 e. The fourth-order valence-electron chi connectivity index (χ4n) is 3.67. The molecule has 0 amide bonds. The molecule has 4 rings (SSSR count). The number of nitrogens with zero attached hydrogens (tertiary/aromatic N) is 3. The normalized spacial score (nSPS) is 15.7. The molecule has 28 heavy (non-hydrogen) atoms. The van der Waals surface area contributed by atoms with Crippen molar-refractivity contribution in [2.75, 3.05) is 50.5 Å². The molecule has 1 aliphatic rings. The first-order chi connectivity index (χ1) is 13.5. The summed E-state index contributed by atoms with van der Waals surface area (Å²) in [4.78, 5) is 9.77. The highest BCUT2D eigenvalue weighted by Gasteiger charge is 2.26. The van der Waals surface area contributed by atoms with Crippen LogP contribution in [-0.2, 0) is 9.84 Å². The van der Waals surface area contributed by atoms with Crippen molar-refractivity contribution in [2.24, 2.45) is 0 Å². The molecule has 2 aromatic carbocycles. The molecule has 0 bridgehead atoms. The SMILES string of the molecule is CNc1cnc2c(N3CCN(C)CC3)cccc2c1S(=O)(=O)c1ccccc1. The number of hydrogen-bond acceptors (Lipinski definition) is 6. The lowest BCUT2D eigenvalue weighted by molar-refractivity contribution is 0.313. The van der Waals surface area contributed by atoms with E-state index in [2.05, 4.69) is 27.1 Å². The van der Waals surface area contributed by atoms with Crippen molar-refractivity contribution in [3.05, 3.63) is 54.7 Å². The van der Waals surface area contributed by atoms with E-state index in [9.17, 15) is 8.42 Å². The van der Waals surface area contributed by atoms with Crippen molar-refractivity contribution in [1.29, 1.82) is 0 Å². The second-order valence-electron chi connectivity index (χ2n) is 7.03. The Bertz CT molecular complexity index is 1090. The molecule has 1 N–H and O–H groups in total. The molecule has 2 heterocycles. The van der Waals surface area contributed by atoms with Crippen molar-refractivity contribution in [1.82, 2.24) is 9.88 Å². The van der Waals surface area contributed by atoms with E-state index in [0.717, 1.165) is 37.4 Å². The molecular weight excluding hydrogens is 372 g/mol. The predicted molar refractivity (Wildman–Crippen MR) is 113 cm³/mol. The van der Waals surface area contributed by atoms with Gasteiger partial charge in [0.15, 0.2) is 0 Å². The highest BCUT2D eigenvalue weighted by atomic mass is 32.2. The third-order valence-corrected chi connectivity index (χ3v) is 7.13. The summed E-state index contributed by atoms with van der Waals surface area (Å²) in [6, 6.07) is 14.3. The Morgan fingerprint density at radius 3 is 2.36 bits per heavy atom. The summed E-state index contributed by atoms with van der Waals surface area (Å²) in [6.07, 6.45) is 1.62. The Kier molecular flexibility index (Phi) is 4.95. The van der Waals surface area contributed by atoms with Crippen LogP contribution in [0.4, 0.5) is 11.4 Å². The van der Waals surface area contributed by atoms with Gasteiger partial charge in [0.05, 0.1) is 28.0 Å². The number of benzene rings is 2. The Morgan fingerprint density at radius 2 is 1.68 bits per heavy atom. The molecule has 0 saturated carbocycles. The minimum atomic E-state index is -3.69. The summed E-state index contributed by atoms with van der Waals surface area (Å²) in [5, 5.41) is 3.65. The van der Waals surface area contributed by atoms with Crippen LogP contribution in [0.5, 0.6) is 0 Å². The van der Waals surface area contributed by atoms with Gasteiger partial charge in [-0.05, 0) is 25.2 Å². The molecule has 1 aromatic heterocycles. The van der Waals surface area contributed by atoms with Gasteiger partial charge < -0.3 is 15.1 Å².